The Morgan fingerprint density at radius 1 is 1.03 bits per heavy atom. The molecule has 0 radical (unpaired) electrons. The molecule has 0 aliphatic heterocycles. The maximum absolute atomic E-state index is 12.2. The normalized spacial score (nSPS) is 11.7. The van der Waals surface area contributed by atoms with Gasteiger partial charge in [0.25, 0.3) is 0 Å². The molecule has 0 fully saturated rings. The lowest BCUT2D eigenvalue weighted by molar-refractivity contribution is 0.336. The van der Waals surface area contributed by atoms with Crippen LogP contribution in [0.1, 0.15) is 25.0 Å². The van der Waals surface area contributed by atoms with Crippen molar-refractivity contribution in [3.8, 4) is 5.75 Å². The summed E-state index contributed by atoms with van der Waals surface area (Å²) in [5.74, 6) is 1.54. The number of benzene rings is 2. The molecule has 0 bridgehead atoms. The van der Waals surface area contributed by atoms with Crippen molar-refractivity contribution in [1.29, 1.82) is 0 Å². The zero-order chi connectivity index (χ0) is 21.3. The van der Waals surface area contributed by atoms with Crippen molar-refractivity contribution in [1.82, 2.24) is 14.9 Å². The summed E-state index contributed by atoms with van der Waals surface area (Å²) in [4.78, 5) is 4.87. The van der Waals surface area contributed by atoms with Gasteiger partial charge in [0.15, 0.2) is 5.96 Å². The van der Waals surface area contributed by atoms with Crippen LogP contribution in [0.2, 0.25) is 0 Å². The Hall–Kier alpha value is -1.85. The quantitative estimate of drug-likeness (QED) is 0.287. The lowest BCUT2D eigenvalue weighted by Gasteiger charge is -2.14. The number of aliphatic imine (C=N–C) groups is 1. The van der Waals surface area contributed by atoms with Crippen LogP contribution in [-0.2, 0) is 23.1 Å². The lowest BCUT2D eigenvalue weighted by atomic mass is 10.2. The van der Waals surface area contributed by atoms with Gasteiger partial charge in [-0.1, -0.05) is 30.3 Å². The lowest BCUT2D eigenvalue weighted by Crippen LogP contribution is -2.36. The number of nitrogens with zero attached hydrogens (tertiary/aromatic N) is 2. The summed E-state index contributed by atoms with van der Waals surface area (Å²) in [6, 6.07) is 14.7. The van der Waals surface area contributed by atoms with Crippen LogP contribution in [0.15, 0.2) is 58.4 Å². The van der Waals surface area contributed by atoms with Crippen molar-refractivity contribution in [3.05, 3.63) is 59.7 Å². The first kappa shape index (κ1) is 26.2. The minimum Gasteiger partial charge on any atom is -0.494 e. The monoisotopic (exact) mass is 546 g/mol. The summed E-state index contributed by atoms with van der Waals surface area (Å²) < 4.78 is 31.2. The van der Waals surface area contributed by atoms with Gasteiger partial charge in [-0.15, -0.1) is 24.0 Å². The van der Waals surface area contributed by atoms with E-state index in [1.165, 1.54) is 18.4 Å². The van der Waals surface area contributed by atoms with Crippen molar-refractivity contribution in [2.75, 3.05) is 27.2 Å². The fraction of sp³-hybridized carbons (Fsp3) is 0.381. The first-order chi connectivity index (χ1) is 13.9. The SMILES string of the molecule is CCNC(=NCc1ccc(S(=O)(=O)N(C)C)cc1)NCc1ccccc1OCC.I. The Morgan fingerprint density at radius 2 is 1.70 bits per heavy atom. The summed E-state index contributed by atoms with van der Waals surface area (Å²) in [5.41, 5.74) is 1.98. The predicted molar refractivity (Wildman–Crippen MR) is 132 cm³/mol. The highest BCUT2D eigenvalue weighted by Crippen LogP contribution is 2.17. The highest BCUT2D eigenvalue weighted by atomic mass is 127. The standard InChI is InChI=1S/C21H30N4O3S.HI/c1-5-22-21(24-16-18-9-7-8-10-20(18)28-6-2)23-15-17-11-13-19(14-12-17)29(26,27)25(3)4;/h7-14H,5-6,15-16H2,1-4H3,(H2,22,23,24);1H. The van der Waals surface area contributed by atoms with Crippen molar-refractivity contribution in [2.24, 2.45) is 4.99 Å². The Balaban J connectivity index is 0.00000450. The van der Waals surface area contributed by atoms with E-state index in [9.17, 15) is 8.42 Å². The molecular formula is C21H31IN4O3S. The topological polar surface area (TPSA) is 83.0 Å². The van der Waals surface area contributed by atoms with Gasteiger partial charge >= 0.3 is 0 Å². The number of hydrogen-bond donors (Lipinski definition) is 2. The van der Waals surface area contributed by atoms with Crippen molar-refractivity contribution in [3.63, 3.8) is 0 Å². The fourth-order valence-electron chi connectivity index (χ4n) is 2.61. The molecule has 0 aliphatic carbocycles. The first-order valence-electron chi connectivity index (χ1n) is 9.62. The van der Waals surface area contributed by atoms with Gasteiger partial charge in [-0.05, 0) is 37.6 Å². The van der Waals surface area contributed by atoms with Crippen LogP contribution in [0.4, 0.5) is 0 Å². The average Bonchev–Trinajstić information content (AvgIpc) is 2.71. The molecule has 0 amide bonds. The minimum absolute atomic E-state index is 0. The van der Waals surface area contributed by atoms with Crippen LogP contribution in [-0.4, -0.2) is 45.9 Å². The molecule has 0 aliphatic rings. The second-order valence-corrected chi connectivity index (χ2v) is 8.67. The molecule has 2 rings (SSSR count). The third kappa shape index (κ3) is 7.44. The molecule has 30 heavy (non-hydrogen) atoms. The molecule has 0 aromatic heterocycles. The Bertz CT molecular complexity index is 916. The van der Waals surface area contributed by atoms with Gasteiger partial charge in [0.2, 0.25) is 10.0 Å². The van der Waals surface area contributed by atoms with Crippen LogP contribution in [0, 0.1) is 0 Å². The van der Waals surface area contributed by atoms with Crippen LogP contribution in [0.3, 0.4) is 0 Å². The molecule has 0 unspecified atom stereocenters. The van der Waals surface area contributed by atoms with Crippen molar-refractivity contribution in [2.45, 2.75) is 31.8 Å². The molecule has 0 heterocycles. The van der Waals surface area contributed by atoms with Crippen LogP contribution in [0.25, 0.3) is 0 Å². The average molecular weight is 546 g/mol. The van der Waals surface area contributed by atoms with E-state index in [0.717, 1.165) is 23.4 Å². The number of guanidine groups is 1. The maximum Gasteiger partial charge on any atom is 0.242 e. The van der Waals surface area contributed by atoms with E-state index in [0.29, 0.717) is 25.7 Å². The summed E-state index contributed by atoms with van der Waals surface area (Å²) in [6.45, 7) is 6.34. The molecule has 2 N–H and O–H groups in total. The largest absolute Gasteiger partial charge is 0.494 e. The van der Waals surface area contributed by atoms with E-state index in [4.69, 9.17) is 4.74 Å². The summed E-state index contributed by atoms with van der Waals surface area (Å²) in [6.07, 6.45) is 0. The third-order valence-corrected chi connectivity index (χ3v) is 6.01. The first-order valence-corrected chi connectivity index (χ1v) is 11.1. The number of halogens is 1. The maximum atomic E-state index is 12.2. The number of rotatable bonds is 9. The summed E-state index contributed by atoms with van der Waals surface area (Å²) in [5, 5.41) is 6.53. The van der Waals surface area contributed by atoms with Gasteiger partial charge in [0.05, 0.1) is 18.0 Å². The zero-order valence-corrected chi connectivity index (χ0v) is 21.0. The highest BCUT2D eigenvalue weighted by molar-refractivity contribution is 14.0. The van der Waals surface area contributed by atoms with Crippen LogP contribution in [0.5, 0.6) is 5.75 Å². The molecule has 166 valence electrons. The third-order valence-electron chi connectivity index (χ3n) is 4.18. The highest BCUT2D eigenvalue weighted by Gasteiger charge is 2.16. The van der Waals surface area contributed by atoms with Crippen LogP contribution >= 0.6 is 24.0 Å². The molecule has 2 aromatic carbocycles. The second-order valence-electron chi connectivity index (χ2n) is 6.52. The van der Waals surface area contributed by atoms with Gasteiger partial charge < -0.3 is 15.4 Å². The van der Waals surface area contributed by atoms with Crippen LogP contribution < -0.4 is 15.4 Å². The number of ether oxygens (including phenoxy) is 1. The molecule has 0 saturated heterocycles. The molecule has 2 aromatic rings. The number of sulfonamides is 1. The number of para-hydroxylation sites is 1. The van der Waals surface area contributed by atoms with E-state index in [1.54, 1.807) is 24.3 Å². The van der Waals surface area contributed by atoms with Gasteiger partial charge in [-0.25, -0.2) is 17.7 Å². The Kier molecular flexibility index (Phi) is 11.1. The summed E-state index contributed by atoms with van der Waals surface area (Å²) in [7, 11) is -0.382. The zero-order valence-electron chi connectivity index (χ0n) is 17.9. The van der Waals surface area contributed by atoms with Gasteiger partial charge in [-0.3, -0.25) is 0 Å². The predicted octanol–water partition coefficient (Wildman–Crippen LogP) is 3.21. The van der Waals surface area contributed by atoms with E-state index >= 15 is 0 Å². The molecule has 0 spiro atoms. The van der Waals surface area contributed by atoms with Crippen molar-refractivity contribution < 1.29 is 13.2 Å². The molecule has 0 saturated carbocycles. The van der Waals surface area contributed by atoms with E-state index < -0.39 is 10.0 Å². The molecule has 7 nitrogen and oxygen atoms in total. The molecular weight excluding hydrogens is 515 g/mol. The summed E-state index contributed by atoms with van der Waals surface area (Å²) >= 11 is 0. The smallest absolute Gasteiger partial charge is 0.242 e. The minimum atomic E-state index is -3.42. The van der Waals surface area contributed by atoms with Crippen molar-refractivity contribution >= 4 is 40.0 Å². The number of nitrogens with one attached hydrogen (secondary N) is 2. The Morgan fingerprint density at radius 3 is 2.30 bits per heavy atom. The van der Waals surface area contributed by atoms with Gasteiger partial charge in [0, 0.05) is 32.7 Å². The molecule has 9 heteroatoms. The second kappa shape index (κ2) is 12.8. The fourth-order valence-corrected chi connectivity index (χ4v) is 3.52. The van der Waals surface area contributed by atoms with Gasteiger partial charge in [-0.2, -0.15) is 0 Å². The van der Waals surface area contributed by atoms with E-state index in [2.05, 4.69) is 15.6 Å². The Labute approximate surface area is 197 Å². The van der Waals surface area contributed by atoms with Gasteiger partial charge in [0.1, 0.15) is 5.75 Å². The number of hydrogen-bond acceptors (Lipinski definition) is 4. The molecule has 0 atom stereocenters. The van der Waals surface area contributed by atoms with E-state index in [-0.39, 0.29) is 28.9 Å². The van der Waals surface area contributed by atoms with E-state index in [1.807, 2.05) is 38.1 Å².